The van der Waals surface area contributed by atoms with Crippen molar-refractivity contribution in [2.45, 2.75) is 51.8 Å². The highest BCUT2D eigenvalue weighted by Crippen LogP contribution is 2.08. The predicted molar refractivity (Wildman–Crippen MR) is 141 cm³/mol. The lowest BCUT2D eigenvalue weighted by molar-refractivity contribution is -0.142. The summed E-state index contributed by atoms with van der Waals surface area (Å²) in [6.07, 6.45) is -0.588. The molecule has 37 heavy (non-hydrogen) atoms. The van der Waals surface area contributed by atoms with Crippen LogP contribution in [-0.4, -0.2) is 58.2 Å². The van der Waals surface area contributed by atoms with Gasteiger partial charge in [0, 0.05) is 12.8 Å². The number of carboxylic acid groups (broad SMARTS) is 1. The number of Topliss-reactive ketones (excluding diaryl/α,β-unsaturated/α-hetero) is 1. The maximum absolute atomic E-state index is 13.1. The molecule has 3 N–H and O–H groups in total. The Hall–Kier alpha value is -2.85. The van der Waals surface area contributed by atoms with Gasteiger partial charge in [0.1, 0.15) is 30.2 Å². The molecule has 8 nitrogen and oxygen atoms in total. The highest BCUT2D eigenvalue weighted by Gasteiger charge is 2.28. The molecule has 0 saturated heterocycles. The van der Waals surface area contributed by atoms with E-state index in [1.54, 1.807) is 0 Å². The molecule has 2 aromatic rings. The SMILES string of the molecule is CC[S+](CC)CC(=O)CCC(NC(=O)C(Cc1ccccc1)NC(=O)OCc1ccccc1)C(=O)O.[Br-]. The number of alkyl carbamates (subject to hydrolysis) is 1. The average molecular weight is 596 g/mol. The first-order chi connectivity index (χ1) is 17.3. The molecule has 0 aliphatic rings. The molecule has 0 spiro atoms. The van der Waals surface area contributed by atoms with Crippen LogP contribution in [0, 0.1) is 0 Å². The zero-order chi connectivity index (χ0) is 26.3. The highest BCUT2D eigenvalue weighted by atomic mass is 79.9. The number of rotatable bonds is 15. The lowest BCUT2D eigenvalue weighted by atomic mass is 10.0. The number of carbonyl (C=O) groups excluding carboxylic acids is 3. The molecule has 0 fully saturated rings. The summed E-state index contributed by atoms with van der Waals surface area (Å²) in [6, 6.07) is 15.9. The van der Waals surface area contributed by atoms with Crippen LogP contribution < -0.4 is 27.6 Å². The molecule has 0 heterocycles. The molecule has 2 aromatic carbocycles. The van der Waals surface area contributed by atoms with Crippen LogP contribution in [0.25, 0.3) is 0 Å². The Morgan fingerprint density at radius 2 is 1.43 bits per heavy atom. The summed E-state index contributed by atoms with van der Waals surface area (Å²) < 4.78 is 5.25. The van der Waals surface area contributed by atoms with Gasteiger partial charge in [-0.1, -0.05) is 60.7 Å². The number of aliphatic carboxylic acids is 1. The third kappa shape index (κ3) is 12.3. The number of halogens is 1. The van der Waals surface area contributed by atoms with Crippen molar-refractivity contribution in [2.75, 3.05) is 17.3 Å². The standard InChI is InChI=1S/C27H34N2O6S.BrH/c1-3-36(4-2)19-22(30)15-16-23(26(32)33)28-25(31)24(17-20-11-7-5-8-12-20)29-27(34)35-18-21-13-9-6-10-14-21;/h5-14,23-24H,3-4,15-19H2,1-2H3,(H2-,28,29,31,32,33,34);1H. The fourth-order valence-electron chi connectivity index (χ4n) is 3.51. The van der Waals surface area contributed by atoms with E-state index in [0.717, 1.165) is 22.6 Å². The fourth-order valence-corrected chi connectivity index (χ4v) is 4.93. The maximum Gasteiger partial charge on any atom is 0.408 e. The van der Waals surface area contributed by atoms with Gasteiger partial charge in [0.15, 0.2) is 11.5 Å². The first kappa shape index (κ1) is 32.2. The largest absolute Gasteiger partial charge is 1.00 e. The lowest BCUT2D eigenvalue weighted by Gasteiger charge is -2.21. The second-order valence-corrected chi connectivity index (χ2v) is 10.9. The monoisotopic (exact) mass is 594 g/mol. The minimum Gasteiger partial charge on any atom is -1.00 e. The molecule has 0 aliphatic carbocycles. The molecular formula is C27H35BrN2O6S. The first-order valence-corrected chi connectivity index (χ1v) is 13.8. The molecule has 202 valence electrons. The van der Waals surface area contributed by atoms with Crippen molar-refractivity contribution < 1.29 is 46.0 Å². The van der Waals surface area contributed by atoms with Gasteiger partial charge < -0.3 is 37.5 Å². The summed E-state index contributed by atoms with van der Waals surface area (Å²) in [6.45, 7) is 4.10. The quantitative estimate of drug-likeness (QED) is 0.252. The zero-order valence-electron chi connectivity index (χ0n) is 21.2. The molecule has 2 unspecified atom stereocenters. The Morgan fingerprint density at radius 3 is 1.97 bits per heavy atom. The predicted octanol–water partition coefficient (Wildman–Crippen LogP) is 0.105. The van der Waals surface area contributed by atoms with Gasteiger partial charge in [-0.3, -0.25) is 9.59 Å². The second-order valence-electron chi connectivity index (χ2n) is 8.26. The summed E-state index contributed by atoms with van der Waals surface area (Å²) in [4.78, 5) is 49.6. The zero-order valence-corrected chi connectivity index (χ0v) is 23.6. The van der Waals surface area contributed by atoms with Crippen molar-refractivity contribution in [2.24, 2.45) is 0 Å². The van der Waals surface area contributed by atoms with Crippen LogP contribution in [0.2, 0.25) is 0 Å². The van der Waals surface area contributed by atoms with E-state index in [0.29, 0.717) is 5.75 Å². The number of benzene rings is 2. The van der Waals surface area contributed by atoms with Crippen LogP contribution in [-0.2, 0) is 43.0 Å². The summed E-state index contributed by atoms with van der Waals surface area (Å²) in [7, 11) is -0.00314. The van der Waals surface area contributed by atoms with Crippen LogP contribution in [0.3, 0.4) is 0 Å². The molecule has 10 heteroatoms. The Morgan fingerprint density at radius 1 is 0.865 bits per heavy atom. The Balaban J connectivity index is 0.00000684. The van der Waals surface area contributed by atoms with E-state index in [1.165, 1.54) is 0 Å². The van der Waals surface area contributed by atoms with Crippen LogP contribution in [0.1, 0.15) is 37.8 Å². The van der Waals surface area contributed by atoms with Crippen molar-refractivity contribution in [3.8, 4) is 0 Å². The summed E-state index contributed by atoms with van der Waals surface area (Å²) in [5, 5.41) is 14.7. The number of carbonyl (C=O) groups is 4. The Kier molecular flexibility index (Phi) is 15.3. The summed E-state index contributed by atoms with van der Waals surface area (Å²) in [5.41, 5.74) is 1.58. The molecule has 0 aliphatic heterocycles. The maximum atomic E-state index is 13.1. The minimum atomic E-state index is -1.24. The van der Waals surface area contributed by atoms with Crippen molar-refractivity contribution >= 4 is 34.6 Å². The molecule has 0 aromatic heterocycles. The number of hydrogen-bond donors (Lipinski definition) is 3. The van der Waals surface area contributed by atoms with Crippen LogP contribution in [0.15, 0.2) is 60.7 Å². The number of amides is 2. The van der Waals surface area contributed by atoms with Crippen molar-refractivity contribution in [1.82, 2.24) is 10.6 Å². The number of ether oxygens (including phenoxy) is 1. The van der Waals surface area contributed by atoms with Gasteiger partial charge in [-0.25, -0.2) is 9.59 Å². The van der Waals surface area contributed by atoms with Crippen LogP contribution >= 0.6 is 0 Å². The number of nitrogens with one attached hydrogen (secondary N) is 2. The van der Waals surface area contributed by atoms with Crippen molar-refractivity contribution in [3.63, 3.8) is 0 Å². The van der Waals surface area contributed by atoms with E-state index in [2.05, 4.69) is 10.6 Å². The Labute approximate surface area is 231 Å². The number of hydrogen-bond acceptors (Lipinski definition) is 5. The van der Waals surface area contributed by atoms with Gasteiger partial charge in [-0.05, 0) is 42.3 Å². The van der Waals surface area contributed by atoms with Gasteiger partial charge in [-0.15, -0.1) is 0 Å². The van der Waals surface area contributed by atoms with Gasteiger partial charge in [0.2, 0.25) is 5.91 Å². The van der Waals surface area contributed by atoms with Gasteiger partial charge >= 0.3 is 12.1 Å². The number of carboxylic acids is 1. The molecule has 0 radical (unpaired) electrons. The van der Waals surface area contributed by atoms with E-state index in [9.17, 15) is 24.3 Å². The molecule has 2 amide bonds. The van der Waals surface area contributed by atoms with E-state index in [4.69, 9.17) is 4.74 Å². The smallest absolute Gasteiger partial charge is 0.408 e. The van der Waals surface area contributed by atoms with Crippen LogP contribution in [0.5, 0.6) is 0 Å². The topological polar surface area (TPSA) is 122 Å². The minimum absolute atomic E-state index is 0. The molecule has 2 rings (SSSR count). The number of ketones is 1. The van der Waals surface area contributed by atoms with Gasteiger partial charge in [-0.2, -0.15) is 0 Å². The average Bonchev–Trinajstić information content (AvgIpc) is 2.89. The van der Waals surface area contributed by atoms with Crippen molar-refractivity contribution in [1.29, 1.82) is 0 Å². The third-order valence-corrected chi connectivity index (χ3v) is 7.98. The third-order valence-electron chi connectivity index (χ3n) is 5.61. The van der Waals surface area contributed by atoms with E-state index < -0.39 is 30.1 Å². The summed E-state index contributed by atoms with van der Waals surface area (Å²) in [5.74, 6) is 0.358. The Bertz CT molecular complexity index is 989. The highest BCUT2D eigenvalue weighted by molar-refractivity contribution is 7.97. The molecular weight excluding hydrogens is 560 g/mol. The molecule has 0 bridgehead atoms. The fraction of sp³-hybridized carbons (Fsp3) is 0.407. The van der Waals surface area contributed by atoms with Gasteiger partial charge in [0.05, 0.1) is 0 Å². The van der Waals surface area contributed by atoms with Crippen molar-refractivity contribution in [3.05, 3.63) is 71.8 Å². The van der Waals surface area contributed by atoms with E-state index in [-0.39, 0.29) is 59.5 Å². The van der Waals surface area contributed by atoms with Gasteiger partial charge in [0.25, 0.3) is 0 Å². The van der Waals surface area contributed by atoms with Crippen LogP contribution in [0.4, 0.5) is 4.79 Å². The molecule has 0 saturated carbocycles. The first-order valence-electron chi connectivity index (χ1n) is 12.0. The lowest BCUT2D eigenvalue weighted by Crippen LogP contribution is -3.00. The summed E-state index contributed by atoms with van der Waals surface area (Å²) >= 11 is 0. The van der Waals surface area contributed by atoms with E-state index in [1.807, 2.05) is 74.5 Å². The normalized spacial score (nSPS) is 12.1. The second kappa shape index (κ2) is 17.6. The van der Waals surface area contributed by atoms with E-state index >= 15 is 0 Å². The molecule has 2 atom stereocenters.